The first-order valence-corrected chi connectivity index (χ1v) is 18.3. The molecule has 2 aromatic carbocycles. The zero-order valence-electron chi connectivity index (χ0n) is 32.5. The molecule has 2 rings (SSSR count). The molecule has 0 aliphatic heterocycles. The molecule has 278 valence electrons. The van der Waals surface area contributed by atoms with Crippen LogP contribution < -0.4 is 10.6 Å². The lowest BCUT2D eigenvalue weighted by molar-refractivity contribution is -0.159. The van der Waals surface area contributed by atoms with E-state index in [4.69, 9.17) is 9.47 Å². The van der Waals surface area contributed by atoms with Crippen molar-refractivity contribution in [2.24, 2.45) is 5.92 Å². The molecular weight excluding hydrogens is 630 g/mol. The van der Waals surface area contributed by atoms with Gasteiger partial charge in [0, 0.05) is 13.0 Å². The van der Waals surface area contributed by atoms with Gasteiger partial charge in [-0.1, -0.05) is 107 Å². The molecule has 9 nitrogen and oxygen atoms in total. The minimum absolute atomic E-state index is 0.210. The minimum Gasteiger partial charge on any atom is -0.458 e. The van der Waals surface area contributed by atoms with Crippen molar-refractivity contribution in [3.63, 3.8) is 0 Å². The maximum atomic E-state index is 14.8. The smallest absolute Gasteiger partial charge is 0.408 e. The summed E-state index contributed by atoms with van der Waals surface area (Å²) in [5.74, 6) is -1.76. The standard InChI is InChI=1S/C41H63N3O6/c1-12-13-14-15-16-20-25-44(37(46)34(28(2)3)43-39(48)50-41(9,10)11)35(32-26-29(4)23-24-30(32)5)36(45)42-33(38(47)49-40(6,7)8)27-31-21-18-17-19-22-31/h17-19,21-24,26,28,33-35H,12-16,20,25,27H2,1-11H3,(H,42,45)(H,43,48). The van der Waals surface area contributed by atoms with E-state index < -0.39 is 53.2 Å². The van der Waals surface area contributed by atoms with Gasteiger partial charge in [-0.05, 0) is 84.4 Å². The topological polar surface area (TPSA) is 114 Å². The number of nitrogens with one attached hydrogen (secondary N) is 2. The SMILES string of the molecule is CCCCCCCCN(C(=O)C(NC(=O)OC(C)(C)C)C(C)C)C(C(=O)NC(Cc1ccccc1)C(=O)OC(C)(C)C)c1cc(C)ccc1C. The van der Waals surface area contributed by atoms with Crippen LogP contribution in [0.15, 0.2) is 48.5 Å². The number of nitrogens with zero attached hydrogens (tertiary/aromatic N) is 1. The molecule has 3 atom stereocenters. The Labute approximate surface area is 301 Å². The van der Waals surface area contributed by atoms with Crippen molar-refractivity contribution >= 4 is 23.9 Å². The largest absolute Gasteiger partial charge is 0.458 e. The van der Waals surface area contributed by atoms with E-state index in [0.717, 1.165) is 48.8 Å². The lowest BCUT2D eigenvalue weighted by atomic mass is 9.94. The van der Waals surface area contributed by atoms with Crippen LogP contribution >= 0.6 is 0 Å². The molecule has 0 aromatic heterocycles. The van der Waals surface area contributed by atoms with E-state index >= 15 is 0 Å². The molecule has 50 heavy (non-hydrogen) atoms. The second-order valence-electron chi connectivity index (χ2n) is 15.7. The van der Waals surface area contributed by atoms with E-state index in [0.29, 0.717) is 12.0 Å². The van der Waals surface area contributed by atoms with Gasteiger partial charge in [0.05, 0.1) is 0 Å². The van der Waals surface area contributed by atoms with Gasteiger partial charge in [-0.25, -0.2) is 9.59 Å². The van der Waals surface area contributed by atoms with E-state index in [-0.39, 0.29) is 18.9 Å². The zero-order chi connectivity index (χ0) is 37.6. The molecule has 0 radical (unpaired) electrons. The van der Waals surface area contributed by atoms with Gasteiger partial charge in [-0.2, -0.15) is 0 Å². The summed E-state index contributed by atoms with van der Waals surface area (Å²) in [7, 11) is 0. The second kappa shape index (κ2) is 19.5. The molecule has 3 amide bonds. The number of amides is 3. The quantitative estimate of drug-likeness (QED) is 0.128. The summed E-state index contributed by atoms with van der Waals surface area (Å²) < 4.78 is 11.3. The molecule has 9 heteroatoms. The number of unbranched alkanes of at least 4 members (excludes halogenated alkanes) is 5. The molecular formula is C41H63N3O6. The highest BCUT2D eigenvalue weighted by molar-refractivity contribution is 5.94. The monoisotopic (exact) mass is 693 g/mol. The predicted molar refractivity (Wildman–Crippen MR) is 200 cm³/mol. The van der Waals surface area contributed by atoms with E-state index in [1.807, 2.05) is 76.2 Å². The van der Waals surface area contributed by atoms with E-state index in [2.05, 4.69) is 17.6 Å². The molecule has 3 unspecified atom stereocenters. The molecule has 0 spiro atoms. The summed E-state index contributed by atoms with van der Waals surface area (Å²) in [5, 5.41) is 5.81. The number of rotatable bonds is 17. The van der Waals surface area contributed by atoms with Gasteiger partial charge in [0.1, 0.15) is 29.3 Å². The van der Waals surface area contributed by atoms with Crippen molar-refractivity contribution in [2.75, 3.05) is 6.54 Å². The molecule has 0 saturated heterocycles. The van der Waals surface area contributed by atoms with Crippen molar-refractivity contribution in [1.82, 2.24) is 15.5 Å². The number of aryl methyl sites for hydroxylation is 2. The van der Waals surface area contributed by atoms with Crippen LogP contribution in [-0.2, 0) is 30.3 Å². The number of carbonyl (C=O) groups excluding carboxylic acids is 4. The first kappa shape index (κ1) is 42.3. The molecule has 0 heterocycles. The maximum Gasteiger partial charge on any atom is 0.408 e. The summed E-state index contributed by atoms with van der Waals surface area (Å²) in [6, 6.07) is 12.2. The van der Waals surface area contributed by atoms with Crippen LogP contribution in [0, 0.1) is 19.8 Å². The third-order valence-corrected chi connectivity index (χ3v) is 8.22. The Morgan fingerprint density at radius 2 is 1.38 bits per heavy atom. The highest BCUT2D eigenvalue weighted by Gasteiger charge is 2.39. The number of ether oxygens (including phenoxy) is 2. The van der Waals surface area contributed by atoms with Crippen LogP contribution in [-0.4, -0.2) is 58.6 Å². The fraction of sp³-hybridized carbons (Fsp3) is 0.610. The Morgan fingerprint density at radius 3 is 1.96 bits per heavy atom. The lowest BCUT2D eigenvalue weighted by Gasteiger charge is -2.37. The van der Waals surface area contributed by atoms with Crippen LogP contribution in [0.5, 0.6) is 0 Å². The molecule has 0 aliphatic carbocycles. The third kappa shape index (κ3) is 14.5. The van der Waals surface area contributed by atoms with E-state index in [9.17, 15) is 19.2 Å². The second-order valence-corrected chi connectivity index (χ2v) is 15.7. The first-order valence-electron chi connectivity index (χ1n) is 18.3. The van der Waals surface area contributed by atoms with Gasteiger partial charge in [0.25, 0.3) is 0 Å². The molecule has 0 aliphatic rings. The number of carbonyl (C=O) groups is 4. The summed E-state index contributed by atoms with van der Waals surface area (Å²) >= 11 is 0. The van der Waals surface area contributed by atoms with Crippen LogP contribution in [0.1, 0.15) is 129 Å². The average Bonchev–Trinajstić information content (AvgIpc) is 3.00. The number of benzene rings is 2. The fourth-order valence-electron chi connectivity index (χ4n) is 5.73. The van der Waals surface area contributed by atoms with Crippen LogP contribution in [0.2, 0.25) is 0 Å². The Kier molecular flexibility index (Phi) is 16.5. The predicted octanol–water partition coefficient (Wildman–Crippen LogP) is 8.15. The summed E-state index contributed by atoms with van der Waals surface area (Å²) in [5.41, 5.74) is 1.73. The molecule has 0 fully saturated rings. The summed E-state index contributed by atoms with van der Waals surface area (Å²) in [6.45, 7) is 20.7. The Bertz CT molecular complexity index is 1390. The van der Waals surface area contributed by atoms with Gasteiger partial charge in [0.15, 0.2) is 0 Å². The Balaban J connectivity index is 2.66. The van der Waals surface area contributed by atoms with Crippen LogP contribution in [0.4, 0.5) is 4.79 Å². The molecule has 0 saturated carbocycles. The molecule has 2 N–H and O–H groups in total. The Hall–Kier alpha value is -3.88. The van der Waals surface area contributed by atoms with Crippen molar-refractivity contribution < 1.29 is 28.7 Å². The highest BCUT2D eigenvalue weighted by atomic mass is 16.6. The van der Waals surface area contributed by atoms with Crippen molar-refractivity contribution in [3.05, 3.63) is 70.8 Å². The van der Waals surface area contributed by atoms with Crippen LogP contribution in [0.25, 0.3) is 0 Å². The minimum atomic E-state index is -1.08. The number of hydrogen-bond acceptors (Lipinski definition) is 6. The number of hydrogen-bond donors (Lipinski definition) is 2. The van der Waals surface area contributed by atoms with E-state index in [1.54, 1.807) is 46.4 Å². The Morgan fingerprint density at radius 1 is 0.780 bits per heavy atom. The summed E-state index contributed by atoms with van der Waals surface area (Å²) in [6.07, 6.45) is 5.42. The van der Waals surface area contributed by atoms with E-state index in [1.165, 1.54) is 0 Å². The third-order valence-electron chi connectivity index (χ3n) is 8.22. The van der Waals surface area contributed by atoms with Crippen molar-refractivity contribution in [2.45, 2.75) is 150 Å². The highest BCUT2D eigenvalue weighted by Crippen LogP contribution is 2.29. The average molecular weight is 694 g/mol. The number of alkyl carbamates (subject to hydrolysis) is 1. The lowest BCUT2D eigenvalue weighted by Crippen LogP contribution is -2.56. The fourth-order valence-corrected chi connectivity index (χ4v) is 5.73. The van der Waals surface area contributed by atoms with Crippen molar-refractivity contribution in [3.8, 4) is 0 Å². The van der Waals surface area contributed by atoms with Gasteiger partial charge >= 0.3 is 12.1 Å². The van der Waals surface area contributed by atoms with Crippen LogP contribution in [0.3, 0.4) is 0 Å². The van der Waals surface area contributed by atoms with Gasteiger partial charge in [-0.15, -0.1) is 0 Å². The first-order chi connectivity index (χ1) is 23.3. The normalized spacial score (nSPS) is 13.6. The van der Waals surface area contributed by atoms with Crippen molar-refractivity contribution in [1.29, 1.82) is 0 Å². The number of esters is 1. The molecule has 0 bridgehead atoms. The van der Waals surface area contributed by atoms with Gasteiger partial charge in [-0.3, -0.25) is 9.59 Å². The molecule has 2 aromatic rings. The van der Waals surface area contributed by atoms with Gasteiger partial charge in [0.2, 0.25) is 11.8 Å². The van der Waals surface area contributed by atoms with Gasteiger partial charge < -0.3 is 25.0 Å². The zero-order valence-corrected chi connectivity index (χ0v) is 32.5. The summed E-state index contributed by atoms with van der Waals surface area (Å²) in [4.78, 5) is 57.8. The maximum absolute atomic E-state index is 14.8.